The predicted octanol–water partition coefficient (Wildman–Crippen LogP) is 0.896. The summed E-state index contributed by atoms with van der Waals surface area (Å²) in [6, 6.07) is 1.55. The third-order valence-corrected chi connectivity index (χ3v) is 3.27. The van der Waals surface area contributed by atoms with Crippen LogP contribution in [0.1, 0.15) is 25.7 Å². The number of nitrogens with zero attached hydrogens (tertiary/aromatic N) is 1. The van der Waals surface area contributed by atoms with E-state index in [9.17, 15) is 9.50 Å². The van der Waals surface area contributed by atoms with Gasteiger partial charge in [0.15, 0.2) is 17.6 Å². The average molecular weight is 215 g/mol. The minimum absolute atomic E-state index is 0.113. The Balaban J connectivity index is 1.99. The highest BCUT2D eigenvalue weighted by Crippen LogP contribution is 2.43. The van der Waals surface area contributed by atoms with Crippen LogP contribution in [-0.4, -0.2) is 35.9 Å². The normalized spacial score (nSPS) is 29.9. The Labute approximate surface area is 87.6 Å². The quantitative estimate of drug-likeness (QED) is 0.660. The third-order valence-electron chi connectivity index (χ3n) is 3.27. The molecule has 0 aromatic heterocycles. The first kappa shape index (κ1) is 10.8. The smallest absolute Gasteiger partial charge is 0.174 e. The van der Waals surface area contributed by atoms with Crippen LogP contribution in [0.4, 0.5) is 4.39 Å². The molecule has 4 nitrogen and oxygen atoms in total. The lowest BCUT2D eigenvalue weighted by Crippen LogP contribution is -2.47. The van der Waals surface area contributed by atoms with Crippen LogP contribution in [0, 0.1) is 11.3 Å². The number of hydrogen-bond acceptors (Lipinski definition) is 4. The van der Waals surface area contributed by atoms with Gasteiger partial charge in [-0.05, 0) is 12.8 Å². The fraction of sp³-hybridized carbons (Fsp3) is 0.900. The second-order valence-electron chi connectivity index (χ2n) is 4.17. The Morgan fingerprint density at radius 2 is 1.73 bits per heavy atom. The maximum atomic E-state index is 14.0. The van der Waals surface area contributed by atoms with Crippen molar-refractivity contribution in [2.45, 2.75) is 43.2 Å². The van der Waals surface area contributed by atoms with Crippen molar-refractivity contribution in [2.75, 3.05) is 13.2 Å². The van der Waals surface area contributed by atoms with Gasteiger partial charge >= 0.3 is 0 Å². The monoisotopic (exact) mass is 215 g/mol. The van der Waals surface area contributed by atoms with Crippen LogP contribution in [0.15, 0.2) is 0 Å². The van der Waals surface area contributed by atoms with Gasteiger partial charge in [0.2, 0.25) is 0 Å². The molecule has 2 aliphatic rings. The molecule has 1 unspecified atom stereocenters. The number of rotatable bonds is 1. The van der Waals surface area contributed by atoms with Crippen molar-refractivity contribution in [1.82, 2.24) is 0 Å². The van der Waals surface area contributed by atoms with E-state index < -0.39 is 17.6 Å². The number of aliphatic hydroxyl groups excluding tert-OH is 1. The Morgan fingerprint density at radius 3 is 2.20 bits per heavy atom. The van der Waals surface area contributed by atoms with Crippen LogP contribution in [0.5, 0.6) is 0 Å². The highest BCUT2D eigenvalue weighted by atomic mass is 19.1. The molecule has 0 bridgehead atoms. The molecule has 0 radical (unpaired) electrons. The summed E-state index contributed by atoms with van der Waals surface area (Å²) in [5, 5.41) is 17.8. The van der Waals surface area contributed by atoms with Crippen LogP contribution in [-0.2, 0) is 9.47 Å². The first-order chi connectivity index (χ1) is 7.10. The summed E-state index contributed by atoms with van der Waals surface area (Å²) in [6.07, 6.45) is -0.509. The average Bonchev–Trinajstić information content (AvgIpc) is 2.71. The lowest BCUT2D eigenvalue weighted by Gasteiger charge is -2.39. The van der Waals surface area contributed by atoms with Gasteiger partial charge in [0.05, 0.1) is 19.3 Å². The van der Waals surface area contributed by atoms with E-state index in [1.807, 2.05) is 0 Å². The fourth-order valence-electron chi connectivity index (χ4n) is 2.22. The second-order valence-corrected chi connectivity index (χ2v) is 4.17. The summed E-state index contributed by atoms with van der Waals surface area (Å²) in [5.74, 6) is -0.648. The molecule has 15 heavy (non-hydrogen) atoms. The molecular weight excluding hydrogens is 201 g/mol. The van der Waals surface area contributed by atoms with Gasteiger partial charge in [-0.1, -0.05) is 0 Å². The van der Waals surface area contributed by atoms with Crippen LogP contribution < -0.4 is 0 Å². The topological polar surface area (TPSA) is 62.5 Å². The number of aliphatic hydroxyl groups is 1. The summed E-state index contributed by atoms with van der Waals surface area (Å²) < 4.78 is 24.9. The van der Waals surface area contributed by atoms with Crippen LogP contribution in [0.2, 0.25) is 0 Å². The lowest BCUT2D eigenvalue weighted by molar-refractivity contribution is -0.200. The molecule has 1 aliphatic carbocycles. The van der Waals surface area contributed by atoms with Crippen molar-refractivity contribution in [3.8, 4) is 6.07 Å². The third kappa shape index (κ3) is 1.85. The molecule has 1 heterocycles. The molecule has 1 saturated carbocycles. The van der Waals surface area contributed by atoms with Crippen molar-refractivity contribution in [1.29, 1.82) is 5.26 Å². The summed E-state index contributed by atoms with van der Waals surface area (Å²) >= 11 is 0. The van der Waals surface area contributed by atoms with Gasteiger partial charge in [-0.2, -0.15) is 5.26 Å². The standard InChI is InChI=1S/C10H14FNO3/c11-9(8(13)7-12)1-3-10(4-2-9)14-5-6-15-10/h8,13H,1-6H2. The Morgan fingerprint density at radius 1 is 1.20 bits per heavy atom. The zero-order valence-corrected chi connectivity index (χ0v) is 8.41. The van der Waals surface area contributed by atoms with Gasteiger partial charge in [0, 0.05) is 12.8 Å². The van der Waals surface area contributed by atoms with E-state index in [2.05, 4.69) is 0 Å². The zero-order chi connectivity index (χ0) is 10.9. The summed E-state index contributed by atoms with van der Waals surface area (Å²) in [5.41, 5.74) is -1.80. The first-order valence-corrected chi connectivity index (χ1v) is 5.15. The van der Waals surface area contributed by atoms with E-state index in [-0.39, 0.29) is 12.8 Å². The molecule has 2 rings (SSSR count). The van der Waals surface area contributed by atoms with Crippen LogP contribution in [0.25, 0.3) is 0 Å². The maximum Gasteiger partial charge on any atom is 0.174 e. The van der Waals surface area contributed by atoms with Crippen molar-refractivity contribution in [3.63, 3.8) is 0 Å². The predicted molar refractivity (Wildman–Crippen MR) is 48.6 cm³/mol. The van der Waals surface area contributed by atoms with Gasteiger partial charge in [0.25, 0.3) is 0 Å². The molecule has 5 heteroatoms. The molecule has 1 atom stereocenters. The molecule has 84 valence electrons. The molecule has 0 amide bonds. The SMILES string of the molecule is N#CC(O)C1(F)CCC2(CC1)OCCO2. The number of halogens is 1. The van der Waals surface area contributed by atoms with Gasteiger partial charge in [0.1, 0.15) is 0 Å². The van der Waals surface area contributed by atoms with E-state index >= 15 is 0 Å². The molecule has 2 fully saturated rings. The maximum absolute atomic E-state index is 14.0. The Hall–Kier alpha value is -0.700. The van der Waals surface area contributed by atoms with E-state index in [1.54, 1.807) is 6.07 Å². The van der Waals surface area contributed by atoms with Gasteiger partial charge < -0.3 is 14.6 Å². The Bertz CT molecular complexity index is 273. The van der Waals surface area contributed by atoms with E-state index in [0.717, 1.165) is 0 Å². The lowest BCUT2D eigenvalue weighted by atomic mass is 9.79. The van der Waals surface area contributed by atoms with Crippen LogP contribution >= 0.6 is 0 Å². The van der Waals surface area contributed by atoms with Gasteiger partial charge in [-0.25, -0.2) is 4.39 Å². The zero-order valence-electron chi connectivity index (χ0n) is 8.41. The molecule has 0 aromatic rings. The fourth-order valence-corrected chi connectivity index (χ4v) is 2.22. The largest absolute Gasteiger partial charge is 0.375 e. The second kappa shape index (κ2) is 3.71. The summed E-state index contributed by atoms with van der Waals surface area (Å²) in [6.45, 7) is 1.08. The molecule has 1 N–H and O–H groups in total. The number of hydrogen-bond donors (Lipinski definition) is 1. The molecule has 1 aliphatic heterocycles. The molecule has 1 spiro atoms. The number of alkyl halides is 1. The summed E-state index contributed by atoms with van der Waals surface area (Å²) in [4.78, 5) is 0. The highest BCUT2D eigenvalue weighted by Gasteiger charge is 2.49. The van der Waals surface area contributed by atoms with E-state index in [0.29, 0.717) is 26.1 Å². The highest BCUT2D eigenvalue weighted by molar-refractivity contribution is 5.04. The first-order valence-electron chi connectivity index (χ1n) is 5.15. The summed E-state index contributed by atoms with van der Waals surface area (Å²) in [7, 11) is 0. The van der Waals surface area contributed by atoms with Gasteiger partial charge in [-0.3, -0.25) is 0 Å². The molecular formula is C10H14FNO3. The van der Waals surface area contributed by atoms with Crippen molar-refractivity contribution < 1.29 is 19.0 Å². The van der Waals surface area contributed by atoms with Crippen molar-refractivity contribution >= 4 is 0 Å². The minimum atomic E-state index is -1.80. The van der Waals surface area contributed by atoms with Crippen molar-refractivity contribution in [3.05, 3.63) is 0 Å². The molecule has 0 aromatic carbocycles. The van der Waals surface area contributed by atoms with Crippen molar-refractivity contribution in [2.24, 2.45) is 0 Å². The molecule has 1 saturated heterocycles. The number of ether oxygens (including phenoxy) is 2. The Kier molecular flexibility index (Phi) is 2.67. The van der Waals surface area contributed by atoms with Crippen LogP contribution in [0.3, 0.4) is 0 Å². The van der Waals surface area contributed by atoms with Gasteiger partial charge in [-0.15, -0.1) is 0 Å². The van der Waals surface area contributed by atoms with E-state index in [4.69, 9.17) is 14.7 Å². The number of nitriles is 1. The minimum Gasteiger partial charge on any atom is -0.375 e. The van der Waals surface area contributed by atoms with E-state index in [1.165, 1.54) is 0 Å².